The number of nitrogens with one attached hydrogen (secondary N) is 2. The van der Waals surface area contributed by atoms with Gasteiger partial charge in [-0.2, -0.15) is 0 Å². The molecule has 4 aliphatic carbocycles. The van der Waals surface area contributed by atoms with E-state index in [1.54, 1.807) is 51.4 Å². The average Bonchev–Trinajstić information content (AvgIpc) is 3.50. The first-order valence-corrected chi connectivity index (χ1v) is 17.8. The number of rotatable bonds is 3. The Morgan fingerprint density at radius 3 is 1.21 bits per heavy atom. The fourth-order valence-electron chi connectivity index (χ4n) is 12.8. The molecular weight excluding hydrogens is 464 g/mol. The van der Waals surface area contributed by atoms with Crippen LogP contribution in [-0.4, -0.2) is 72.2 Å². The highest BCUT2D eigenvalue weighted by atomic mass is 15.3. The second-order valence-corrected chi connectivity index (χ2v) is 15.5. The molecule has 10 unspecified atom stereocenters. The lowest BCUT2D eigenvalue weighted by Crippen LogP contribution is -2.51. The van der Waals surface area contributed by atoms with E-state index in [-0.39, 0.29) is 0 Å². The van der Waals surface area contributed by atoms with Gasteiger partial charge in [0.05, 0.1) is 0 Å². The molecule has 38 heavy (non-hydrogen) atoms. The summed E-state index contributed by atoms with van der Waals surface area (Å²) in [6.07, 6.45) is 27.3. The van der Waals surface area contributed by atoms with Crippen molar-refractivity contribution < 1.29 is 0 Å². The van der Waals surface area contributed by atoms with Gasteiger partial charge in [-0.05, 0) is 152 Å². The summed E-state index contributed by atoms with van der Waals surface area (Å²) in [6.45, 7) is 5.05. The second kappa shape index (κ2) is 10.9. The van der Waals surface area contributed by atoms with Crippen LogP contribution in [0.1, 0.15) is 116 Å². The van der Waals surface area contributed by atoms with Crippen molar-refractivity contribution in [3.63, 3.8) is 0 Å². The molecular formula is C34H58N4. The third-order valence-electron chi connectivity index (χ3n) is 14.1. The van der Waals surface area contributed by atoms with E-state index in [2.05, 4.69) is 20.4 Å². The Kier molecular flexibility index (Phi) is 7.34. The summed E-state index contributed by atoms with van der Waals surface area (Å²) in [7, 11) is 0. The van der Waals surface area contributed by atoms with Crippen molar-refractivity contribution in [3.05, 3.63) is 0 Å². The number of fused-ring (bicyclic) bond motifs is 6. The first-order chi connectivity index (χ1) is 18.9. The van der Waals surface area contributed by atoms with E-state index < -0.39 is 0 Å². The van der Waals surface area contributed by atoms with Crippen molar-refractivity contribution in [3.8, 4) is 0 Å². The van der Waals surface area contributed by atoms with Gasteiger partial charge in [-0.1, -0.05) is 25.7 Å². The average molecular weight is 523 g/mol. The van der Waals surface area contributed by atoms with Crippen LogP contribution in [0.25, 0.3) is 0 Å². The SMILES string of the molecule is C1CCC2C(C1)C1CC(C3CCC4C(C3)C3CCCCC3N4C3CCNCC3)CCC1N2C1CCNCC1. The highest BCUT2D eigenvalue weighted by Crippen LogP contribution is 2.57. The molecule has 214 valence electrons. The molecule has 0 aromatic rings. The summed E-state index contributed by atoms with van der Waals surface area (Å²) in [6, 6.07) is 5.59. The van der Waals surface area contributed by atoms with Crippen LogP contribution in [0.5, 0.6) is 0 Å². The van der Waals surface area contributed by atoms with Gasteiger partial charge in [0.15, 0.2) is 0 Å². The van der Waals surface area contributed by atoms with Crippen LogP contribution in [0.2, 0.25) is 0 Å². The molecule has 8 aliphatic rings. The van der Waals surface area contributed by atoms with Crippen LogP contribution in [0.3, 0.4) is 0 Å². The van der Waals surface area contributed by atoms with Gasteiger partial charge < -0.3 is 10.6 Å². The van der Waals surface area contributed by atoms with Crippen LogP contribution < -0.4 is 10.6 Å². The molecule has 0 spiro atoms. The lowest BCUT2D eigenvalue weighted by Gasteiger charge is -2.46. The molecule has 0 aromatic heterocycles. The van der Waals surface area contributed by atoms with Crippen LogP contribution in [-0.2, 0) is 0 Å². The molecule has 4 saturated heterocycles. The molecule has 4 saturated carbocycles. The molecule has 0 bridgehead atoms. The highest BCUT2D eigenvalue weighted by molar-refractivity contribution is 5.09. The van der Waals surface area contributed by atoms with E-state index in [9.17, 15) is 0 Å². The predicted molar refractivity (Wildman–Crippen MR) is 156 cm³/mol. The molecule has 4 heteroatoms. The van der Waals surface area contributed by atoms with Gasteiger partial charge >= 0.3 is 0 Å². The second-order valence-electron chi connectivity index (χ2n) is 15.5. The third-order valence-corrected chi connectivity index (χ3v) is 14.1. The minimum absolute atomic E-state index is 0.895. The topological polar surface area (TPSA) is 30.5 Å². The maximum atomic E-state index is 3.66. The predicted octanol–water partition coefficient (Wildman–Crippen LogP) is 5.81. The summed E-state index contributed by atoms with van der Waals surface area (Å²) in [4.78, 5) is 6.39. The van der Waals surface area contributed by atoms with Gasteiger partial charge in [-0.15, -0.1) is 0 Å². The lowest BCUT2D eigenvalue weighted by atomic mass is 9.62. The molecule has 10 atom stereocenters. The minimum atomic E-state index is 0.895. The van der Waals surface area contributed by atoms with Gasteiger partial charge in [-0.3, -0.25) is 9.80 Å². The van der Waals surface area contributed by atoms with Gasteiger partial charge in [0.1, 0.15) is 0 Å². The Balaban J connectivity index is 0.982. The fraction of sp³-hybridized carbons (Fsp3) is 1.00. The zero-order valence-electron chi connectivity index (χ0n) is 24.4. The smallest absolute Gasteiger partial charge is 0.0133 e. The molecule has 8 rings (SSSR count). The van der Waals surface area contributed by atoms with Crippen LogP contribution in [0, 0.1) is 35.5 Å². The summed E-state index contributed by atoms with van der Waals surface area (Å²) in [5.74, 6) is 6.30. The van der Waals surface area contributed by atoms with E-state index in [0.717, 1.165) is 71.8 Å². The Hall–Kier alpha value is -0.160. The first kappa shape index (κ1) is 25.5. The van der Waals surface area contributed by atoms with Crippen molar-refractivity contribution in [1.82, 2.24) is 20.4 Å². The standard InChI is InChI=1S/C34H58N4/c1-3-7-31-27(5-1)29-21-23(9-11-33(29)37(31)25-13-17-35-18-14-25)24-10-12-34-30(22-24)28-6-2-4-8-32(28)38(34)26-15-19-36-20-16-26/h23-36H,1-22H2. The minimum Gasteiger partial charge on any atom is -0.317 e. The van der Waals surface area contributed by atoms with Crippen LogP contribution in [0.15, 0.2) is 0 Å². The highest BCUT2D eigenvalue weighted by Gasteiger charge is 2.56. The van der Waals surface area contributed by atoms with Gasteiger partial charge in [0, 0.05) is 36.3 Å². The normalized spacial score (nSPS) is 49.3. The maximum Gasteiger partial charge on any atom is 0.0133 e. The summed E-state index contributed by atoms with van der Waals surface area (Å²) < 4.78 is 0. The molecule has 2 N–H and O–H groups in total. The van der Waals surface area contributed by atoms with Crippen molar-refractivity contribution >= 4 is 0 Å². The molecule has 4 heterocycles. The number of piperidine rings is 2. The molecule has 8 fully saturated rings. The first-order valence-electron chi connectivity index (χ1n) is 17.8. The maximum absolute atomic E-state index is 3.66. The Labute approximate surface area is 233 Å². The van der Waals surface area contributed by atoms with Crippen molar-refractivity contribution in [2.75, 3.05) is 26.2 Å². The molecule has 0 amide bonds. The summed E-state index contributed by atoms with van der Waals surface area (Å²) in [5.41, 5.74) is 0. The number of nitrogens with zero attached hydrogens (tertiary/aromatic N) is 2. The molecule has 4 aliphatic heterocycles. The Morgan fingerprint density at radius 2 is 0.763 bits per heavy atom. The van der Waals surface area contributed by atoms with Gasteiger partial charge in [0.25, 0.3) is 0 Å². The van der Waals surface area contributed by atoms with Gasteiger partial charge in [0.2, 0.25) is 0 Å². The molecule has 4 nitrogen and oxygen atoms in total. The number of hydrogen-bond donors (Lipinski definition) is 2. The van der Waals surface area contributed by atoms with Crippen molar-refractivity contribution in [1.29, 1.82) is 0 Å². The van der Waals surface area contributed by atoms with Gasteiger partial charge in [-0.25, -0.2) is 0 Å². The Morgan fingerprint density at radius 1 is 0.368 bits per heavy atom. The number of hydrogen-bond acceptors (Lipinski definition) is 4. The zero-order valence-corrected chi connectivity index (χ0v) is 24.4. The third kappa shape index (κ3) is 4.36. The zero-order chi connectivity index (χ0) is 25.1. The quantitative estimate of drug-likeness (QED) is 0.490. The van der Waals surface area contributed by atoms with Crippen LogP contribution in [0.4, 0.5) is 0 Å². The van der Waals surface area contributed by atoms with E-state index >= 15 is 0 Å². The summed E-state index contributed by atoms with van der Waals surface area (Å²) >= 11 is 0. The Bertz CT molecular complexity index is 738. The molecule has 0 radical (unpaired) electrons. The van der Waals surface area contributed by atoms with E-state index in [1.165, 1.54) is 90.4 Å². The monoisotopic (exact) mass is 522 g/mol. The summed E-state index contributed by atoms with van der Waals surface area (Å²) in [5, 5.41) is 7.32. The van der Waals surface area contributed by atoms with Crippen molar-refractivity contribution in [2.24, 2.45) is 35.5 Å². The van der Waals surface area contributed by atoms with E-state index in [0.29, 0.717) is 0 Å². The largest absolute Gasteiger partial charge is 0.317 e. The van der Waals surface area contributed by atoms with E-state index in [1.807, 2.05) is 0 Å². The lowest BCUT2D eigenvalue weighted by molar-refractivity contribution is 0.0332. The fourth-order valence-corrected chi connectivity index (χ4v) is 12.8. The molecule has 0 aromatic carbocycles. The van der Waals surface area contributed by atoms with E-state index in [4.69, 9.17) is 0 Å². The van der Waals surface area contributed by atoms with Crippen molar-refractivity contribution in [2.45, 2.75) is 152 Å². The van der Waals surface area contributed by atoms with Crippen LogP contribution >= 0.6 is 0 Å². The number of likely N-dealkylation sites (tertiary alicyclic amines) is 2.